The van der Waals surface area contributed by atoms with E-state index in [1.807, 2.05) is 30.3 Å². The van der Waals surface area contributed by atoms with E-state index in [9.17, 15) is 4.79 Å². The number of carbonyl (C=O) groups excluding carboxylic acids is 1. The number of benzene rings is 1. The zero-order valence-electron chi connectivity index (χ0n) is 7.16. The minimum Gasteiger partial charge on any atom is -0.322 e. The van der Waals surface area contributed by atoms with Gasteiger partial charge < -0.3 is 10.5 Å². The second-order valence-corrected chi connectivity index (χ2v) is 3.89. The van der Waals surface area contributed by atoms with Gasteiger partial charge >= 0.3 is 0 Å². The molecule has 64 valence electrons. The molecule has 2 nitrogen and oxygen atoms in total. The van der Waals surface area contributed by atoms with Crippen molar-refractivity contribution in [2.75, 3.05) is 0 Å². The van der Waals surface area contributed by atoms with Crippen molar-refractivity contribution in [3.63, 3.8) is 0 Å². The first-order valence-corrected chi connectivity index (χ1v) is 5.00. The largest absolute Gasteiger partial charge is 0.322 e. The minimum absolute atomic E-state index is 0.179. The Labute approximate surface area is 75.2 Å². The standard InChI is InChI=1S/C9H13NOSi/c10-8(9(11)12)6-7-4-2-1-3-5-7/h1-5,8H,6,10H2,12H3/t8-/m0/s1. The summed E-state index contributed by atoms with van der Waals surface area (Å²) in [6.07, 6.45) is 0.670. The van der Waals surface area contributed by atoms with Gasteiger partial charge in [-0.2, -0.15) is 0 Å². The number of hydrogen-bond acceptors (Lipinski definition) is 2. The van der Waals surface area contributed by atoms with Crippen molar-refractivity contribution < 1.29 is 4.79 Å². The molecule has 1 rings (SSSR count). The fourth-order valence-electron chi connectivity index (χ4n) is 1.01. The van der Waals surface area contributed by atoms with Crippen LogP contribution in [0, 0.1) is 0 Å². The van der Waals surface area contributed by atoms with Gasteiger partial charge in [0.05, 0.1) is 16.3 Å². The molecule has 0 aliphatic rings. The second-order valence-electron chi connectivity index (χ2n) is 2.91. The highest BCUT2D eigenvalue weighted by atomic mass is 28.1. The third kappa shape index (κ3) is 2.60. The van der Waals surface area contributed by atoms with Crippen LogP contribution in [0.4, 0.5) is 0 Å². The van der Waals surface area contributed by atoms with Gasteiger partial charge in [-0.15, -0.1) is 0 Å². The molecule has 3 heteroatoms. The van der Waals surface area contributed by atoms with Gasteiger partial charge in [-0.1, -0.05) is 30.3 Å². The van der Waals surface area contributed by atoms with Crippen molar-refractivity contribution >= 4 is 15.6 Å². The molecule has 0 radical (unpaired) electrons. The highest BCUT2D eigenvalue weighted by Crippen LogP contribution is 2.01. The molecule has 0 spiro atoms. The molecule has 1 aromatic carbocycles. The van der Waals surface area contributed by atoms with E-state index in [2.05, 4.69) is 0 Å². The highest BCUT2D eigenvalue weighted by Gasteiger charge is 2.07. The Bertz CT molecular complexity index is 260. The lowest BCUT2D eigenvalue weighted by Gasteiger charge is -2.06. The average Bonchev–Trinajstić information content (AvgIpc) is 2.06. The van der Waals surface area contributed by atoms with Crippen LogP contribution in [-0.2, 0) is 11.2 Å². The van der Waals surface area contributed by atoms with Crippen molar-refractivity contribution in [3.8, 4) is 0 Å². The molecule has 12 heavy (non-hydrogen) atoms. The fourth-order valence-corrected chi connectivity index (χ4v) is 1.22. The van der Waals surface area contributed by atoms with Gasteiger partial charge in [-0.05, 0) is 12.0 Å². The number of carbonyl (C=O) groups is 1. The van der Waals surface area contributed by atoms with Crippen LogP contribution >= 0.6 is 0 Å². The topological polar surface area (TPSA) is 43.1 Å². The lowest BCUT2D eigenvalue weighted by atomic mass is 10.1. The van der Waals surface area contributed by atoms with Gasteiger partial charge in [0.25, 0.3) is 0 Å². The molecule has 0 saturated heterocycles. The first kappa shape index (κ1) is 9.16. The molecule has 1 aromatic rings. The van der Waals surface area contributed by atoms with Crippen LogP contribution < -0.4 is 5.73 Å². The van der Waals surface area contributed by atoms with Gasteiger partial charge in [0.1, 0.15) is 5.41 Å². The van der Waals surface area contributed by atoms with E-state index in [1.165, 1.54) is 0 Å². The lowest BCUT2D eigenvalue weighted by Crippen LogP contribution is -2.32. The van der Waals surface area contributed by atoms with E-state index < -0.39 is 0 Å². The Morgan fingerprint density at radius 2 is 2.00 bits per heavy atom. The molecule has 2 N–H and O–H groups in total. The quantitative estimate of drug-likeness (QED) is 0.633. The first-order valence-electron chi connectivity index (χ1n) is 4.00. The smallest absolute Gasteiger partial charge is 0.117 e. The molecule has 0 heterocycles. The maximum atomic E-state index is 10.9. The Hall–Kier alpha value is -0.933. The summed E-state index contributed by atoms with van der Waals surface area (Å²) in [4.78, 5) is 10.9. The van der Waals surface area contributed by atoms with Crippen LogP contribution in [0.2, 0.25) is 0 Å². The summed E-state index contributed by atoms with van der Waals surface area (Å²) < 4.78 is 0. The fraction of sp³-hybridized carbons (Fsp3) is 0.222. The maximum Gasteiger partial charge on any atom is 0.117 e. The van der Waals surface area contributed by atoms with Crippen LogP contribution in [0.15, 0.2) is 30.3 Å². The lowest BCUT2D eigenvalue weighted by molar-refractivity contribution is -0.112. The molecule has 0 aromatic heterocycles. The summed E-state index contributed by atoms with van der Waals surface area (Å²) in [6, 6.07) is 9.56. The molecular weight excluding hydrogens is 166 g/mol. The maximum absolute atomic E-state index is 10.9. The third-order valence-corrected chi connectivity index (χ3v) is 2.56. The van der Waals surface area contributed by atoms with Crippen molar-refractivity contribution in [3.05, 3.63) is 35.9 Å². The van der Waals surface area contributed by atoms with Gasteiger partial charge in [-0.3, -0.25) is 0 Å². The second kappa shape index (κ2) is 4.18. The summed E-state index contributed by atoms with van der Waals surface area (Å²) >= 11 is 0. The van der Waals surface area contributed by atoms with Gasteiger partial charge in [0.2, 0.25) is 0 Å². The monoisotopic (exact) mass is 179 g/mol. The molecule has 0 fully saturated rings. The van der Waals surface area contributed by atoms with E-state index in [0.29, 0.717) is 16.7 Å². The van der Waals surface area contributed by atoms with Crippen molar-refractivity contribution in [1.82, 2.24) is 0 Å². The summed E-state index contributed by atoms with van der Waals surface area (Å²) in [5.41, 5.74) is 6.77. The molecule has 0 unspecified atom stereocenters. The van der Waals surface area contributed by atoms with E-state index in [0.717, 1.165) is 5.56 Å². The predicted molar refractivity (Wildman–Crippen MR) is 53.1 cm³/mol. The van der Waals surface area contributed by atoms with E-state index >= 15 is 0 Å². The Morgan fingerprint density at radius 3 is 2.50 bits per heavy atom. The third-order valence-electron chi connectivity index (χ3n) is 1.82. The minimum atomic E-state index is -0.293. The van der Waals surface area contributed by atoms with Crippen molar-refractivity contribution in [2.24, 2.45) is 5.73 Å². The number of rotatable bonds is 3. The van der Waals surface area contributed by atoms with Crippen LogP contribution in [0.5, 0.6) is 0 Å². The zero-order chi connectivity index (χ0) is 8.97. The molecule has 0 aliphatic carbocycles. The van der Waals surface area contributed by atoms with Gasteiger partial charge in [0, 0.05) is 0 Å². The summed E-state index contributed by atoms with van der Waals surface area (Å²) in [7, 11) is 0.550. The van der Waals surface area contributed by atoms with Gasteiger partial charge in [-0.25, -0.2) is 0 Å². The SMILES string of the molecule is N[C@@H](Cc1ccccc1)C(=O)[SiH3]. The van der Waals surface area contributed by atoms with E-state index in [4.69, 9.17) is 5.73 Å². The first-order chi connectivity index (χ1) is 5.70. The van der Waals surface area contributed by atoms with Crippen LogP contribution in [-0.4, -0.2) is 21.7 Å². The molecular formula is C9H13NOSi. The summed E-state index contributed by atoms with van der Waals surface area (Å²) in [5, 5.41) is 0.179. The van der Waals surface area contributed by atoms with Crippen LogP contribution in [0.1, 0.15) is 5.56 Å². The van der Waals surface area contributed by atoms with Crippen molar-refractivity contribution in [2.45, 2.75) is 12.5 Å². The Balaban J connectivity index is 2.58. The molecule has 0 bridgehead atoms. The zero-order valence-corrected chi connectivity index (χ0v) is 9.16. The highest BCUT2D eigenvalue weighted by molar-refractivity contribution is 6.59. The van der Waals surface area contributed by atoms with Crippen molar-refractivity contribution in [1.29, 1.82) is 0 Å². The van der Waals surface area contributed by atoms with Crippen LogP contribution in [0.25, 0.3) is 0 Å². The molecule has 0 amide bonds. The number of hydrogen-bond donors (Lipinski definition) is 1. The van der Waals surface area contributed by atoms with Gasteiger partial charge in [0.15, 0.2) is 0 Å². The Morgan fingerprint density at radius 1 is 1.42 bits per heavy atom. The number of nitrogens with two attached hydrogens (primary N) is 1. The molecule has 0 aliphatic heterocycles. The normalized spacial score (nSPS) is 12.8. The summed E-state index contributed by atoms with van der Waals surface area (Å²) in [6.45, 7) is 0. The predicted octanol–water partition coefficient (Wildman–Crippen LogP) is -0.552. The van der Waals surface area contributed by atoms with E-state index in [1.54, 1.807) is 0 Å². The van der Waals surface area contributed by atoms with Crippen LogP contribution in [0.3, 0.4) is 0 Å². The molecule has 1 atom stereocenters. The molecule has 0 saturated carbocycles. The van der Waals surface area contributed by atoms with E-state index in [-0.39, 0.29) is 11.4 Å². The summed E-state index contributed by atoms with van der Waals surface area (Å²) in [5.74, 6) is 0. The Kier molecular flexibility index (Phi) is 3.19. The average molecular weight is 179 g/mol.